The zero-order chi connectivity index (χ0) is 16.5. The van der Waals surface area contributed by atoms with Crippen LogP contribution in [0.2, 0.25) is 0 Å². The molecular weight excluding hydrogens is 325 g/mol. The minimum absolute atomic E-state index is 0.110. The fourth-order valence-electron chi connectivity index (χ4n) is 1.54. The first-order chi connectivity index (χ1) is 10.5. The van der Waals surface area contributed by atoms with E-state index in [9.17, 15) is 14.0 Å². The lowest BCUT2D eigenvalue weighted by Crippen LogP contribution is -2.42. The number of hydrazine groups is 1. The molecule has 0 saturated heterocycles. The molecule has 8 heteroatoms. The summed E-state index contributed by atoms with van der Waals surface area (Å²) in [7, 11) is 0. The van der Waals surface area contributed by atoms with E-state index in [2.05, 4.69) is 10.9 Å². The molecule has 120 valence electrons. The topological polar surface area (TPSA) is 61.4 Å². The molecule has 0 radical (unpaired) electrons. The van der Waals surface area contributed by atoms with E-state index in [1.165, 1.54) is 36.0 Å². The van der Waals surface area contributed by atoms with Crippen molar-refractivity contribution in [3.63, 3.8) is 0 Å². The van der Waals surface area contributed by atoms with Crippen LogP contribution in [0.4, 0.5) is 4.39 Å². The van der Waals surface area contributed by atoms with Gasteiger partial charge in [-0.2, -0.15) is 0 Å². The van der Waals surface area contributed by atoms with E-state index in [0.29, 0.717) is 4.32 Å². The van der Waals surface area contributed by atoms with Gasteiger partial charge in [-0.25, -0.2) is 4.39 Å². The average Bonchev–Trinajstić information content (AvgIpc) is 2.52. The van der Waals surface area contributed by atoms with Crippen molar-refractivity contribution in [2.24, 2.45) is 0 Å². The van der Waals surface area contributed by atoms with Crippen molar-refractivity contribution in [1.82, 2.24) is 15.8 Å². The molecule has 0 atom stereocenters. The lowest BCUT2D eigenvalue weighted by molar-refractivity contribution is -0.119. The summed E-state index contributed by atoms with van der Waals surface area (Å²) in [4.78, 5) is 25.3. The summed E-state index contributed by atoms with van der Waals surface area (Å²) in [5.41, 5.74) is 4.82. The first-order valence-corrected chi connectivity index (χ1v) is 8.13. The van der Waals surface area contributed by atoms with E-state index in [1.807, 2.05) is 18.7 Å². The van der Waals surface area contributed by atoms with Gasteiger partial charge in [-0.1, -0.05) is 24.0 Å². The second-order valence-corrected chi connectivity index (χ2v) is 5.85. The molecule has 0 unspecified atom stereocenters. The fraction of sp³-hybridized carbons (Fsp3) is 0.357. The number of thiocarbonyl (C=S) groups is 1. The Kier molecular flexibility index (Phi) is 7.83. The summed E-state index contributed by atoms with van der Waals surface area (Å²) in [6.07, 6.45) is 0. The van der Waals surface area contributed by atoms with E-state index in [-0.39, 0.29) is 17.2 Å². The van der Waals surface area contributed by atoms with Gasteiger partial charge in [-0.3, -0.25) is 20.4 Å². The number of benzene rings is 1. The van der Waals surface area contributed by atoms with Gasteiger partial charge in [0.25, 0.3) is 5.91 Å². The maximum Gasteiger partial charge on any atom is 0.269 e. The van der Waals surface area contributed by atoms with Crippen LogP contribution in [0.1, 0.15) is 24.2 Å². The number of thioether (sulfide) groups is 1. The second-order valence-electron chi connectivity index (χ2n) is 4.24. The maximum absolute atomic E-state index is 12.7. The van der Waals surface area contributed by atoms with E-state index in [4.69, 9.17) is 12.2 Å². The molecule has 1 aromatic rings. The summed E-state index contributed by atoms with van der Waals surface area (Å²) < 4.78 is 13.4. The van der Waals surface area contributed by atoms with Crippen molar-refractivity contribution in [3.8, 4) is 0 Å². The number of rotatable bonds is 5. The van der Waals surface area contributed by atoms with Crippen molar-refractivity contribution in [1.29, 1.82) is 0 Å². The van der Waals surface area contributed by atoms with Gasteiger partial charge in [0.2, 0.25) is 5.91 Å². The van der Waals surface area contributed by atoms with E-state index in [0.717, 1.165) is 13.1 Å². The maximum atomic E-state index is 12.7. The average molecular weight is 343 g/mol. The Morgan fingerprint density at radius 2 is 1.77 bits per heavy atom. The lowest BCUT2D eigenvalue weighted by Gasteiger charge is -2.20. The Bertz CT molecular complexity index is 533. The van der Waals surface area contributed by atoms with Gasteiger partial charge in [0.15, 0.2) is 0 Å². The van der Waals surface area contributed by atoms with Crippen LogP contribution >= 0.6 is 24.0 Å². The number of nitrogens with one attached hydrogen (secondary N) is 2. The minimum Gasteiger partial charge on any atom is -0.358 e. The number of halogens is 1. The zero-order valence-electron chi connectivity index (χ0n) is 12.4. The third-order valence-corrected chi connectivity index (χ3v) is 4.29. The summed E-state index contributed by atoms with van der Waals surface area (Å²) in [6, 6.07) is 5.02. The molecule has 22 heavy (non-hydrogen) atoms. The lowest BCUT2D eigenvalue weighted by atomic mass is 10.2. The van der Waals surface area contributed by atoms with E-state index >= 15 is 0 Å². The molecule has 0 spiro atoms. The van der Waals surface area contributed by atoms with Gasteiger partial charge < -0.3 is 4.90 Å². The molecule has 0 fully saturated rings. The normalized spacial score (nSPS) is 9.95. The molecular formula is C14H18FN3O2S2. The van der Waals surface area contributed by atoms with Gasteiger partial charge >= 0.3 is 0 Å². The third kappa shape index (κ3) is 5.98. The van der Waals surface area contributed by atoms with Crippen LogP contribution in [0.15, 0.2) is 24.3 Å². The van der Waals surface area contributed by atoms with Crippen molar-refractivity contribution in [3.05, 3.63) is 35.6 Å². The van der Waals surface area contributed by atoms with Crippen molar-refractivity contribution < 1.29 is 14.0 Å². The predicted octanol–water partition coefficient (Wildman–Crippen LogP) is 1.95. The van der Waals surface area contributed by atoms with Gasteiger partial charge in [0.05, 0.1) is 5.75 Å². The number of carbonyl (C=O) groups is 2. The molecule has 0 heterocycles. The van der Waals surface area contributed by atoms with Crippen LogP contribution in [-0.4, -0.2) is 39.9 Å². The van der Waals surface area contributed by atoms with E-state index < -0.39 is 11.7 Å². The quantitative estimate of drug-likeness (QED) is 0.632. The highest BCUT2D eigenvalue weighted by Gasteiger charge is 2.11. The third-order valence-electron chi connectivity index (χ3n) is 2.77. The summed E-state index contributed by atoms with van der Waals surface area (Å²) in [5.74, 6) is -1.19. The minimum atomic E-state index is -0.510. The van der Waals surface area contributed by atoms with Gasteiger partial charge in [0, 0.05) is 18.7 Å². The Hall–Kier alpha value is -1.67. The molecule has 0 aliphatic carbocycles. The van der Waals surface area contributed by atoms with Crippen LogP contribution in [0, 0.1) is 5.82 Å². The first-order valence-electron chi connectivity index (χ1n) is 6.74. The molecule has 2 amide bonds. The van der Waals surface area contributed by atoms with Gasteiger partial charge in [-0.05, 0) is 38.1 Å². The number of carbonyl (C=O) groups excluding carboxylic acids is 2. The first kappa shape index (κ1) is 18.4. The highest BCUT2D eigenvalue weighted by molar-refractivity contribution is 8.23. The van der Waals surface area contributed by atoms with Crippen LogP contribution in [0.5, 0.6) is 0 Å². The molecule has 1 aromatic carbocycles. The smallest absolute Gasteiger partial charge is 0.269 e. The molecule has 0 aromatic heterocycles. The molecule has 2 N–H and O–H groups in total. The van der Waals surface area contributed by atoms with Crippen LogP contribution in [-0.2, 0) is 4.79 Å². The van der Waals surface area contributed by atoms with Crippen LogP contribution in [0.3, 0.4) is 0 Å². The fourth-order valence-corrected chi connectivity index (χ4v) is 2.74. The number of hydrogen-bond acceptors (Lipinski definition) is 4. The number of amides is 2. The summed E-state index contributed by atoms with van der Waals surface area (Å²) >= 11 is 6.44. The van der Waals surface area contributed by atoms with Crippen LogP contribution in [0.25, 0.3) is 0 Å². The molecule has 1 rings (SSSR count). The largest absolute Gasteiger partial charge is 0.358 e. The monoisotopic (exact) mass is 343 g/mol. The van der Waals surface area contributed by atoms with Crippen molar-refractivity contribution in [2.75, 3.05) is 18.8 Å². The summed E-state index contributed by atoms with van der Waals surface area (Å²) in [5, 5.41) is 0. The SMILES string of the molecule is CCN(CC)C(=S)SCC(=O)NNC(=O)c1ccc(F)cc1. The summed E-state index contributed by atoms with van der Waals surface area (Å²) in [6.45, 7) is 5.54. The Balaban J connectivity index is 2.35. The highest BCUT2D eigenvalue weighted by Crippen LogP contribution is 2.08. The molecule has 0 bridgehead atoms. The van der Waals surface area contributed by atoms with Gasteiger partial charge in [-0.15, -0.1) is 0 Å². The van der Waals surface area contributed by atoms with Crippen LogP contribution < -0.4 is 10.9 Å². The molecule has 0 aliphatic heterocycles. The van der Waals surface area contributed by atoms with Gasteiger partial charge in [0.1, 0.15) is 10.1 Å². The second kappa shape index (κ2) is 9.37. The molecule has 0 saturated carbocycles. The Morgan fingerprint density at radius 1 is 1.18 bits per heavy atom. The molecule has 0 aliphatic rings. The highest BCUT2D eigenvalue weighted by atomic mass is 32.2. The zero-order valence-corrected chi connectivity index (χ0v) is 14.0. The van der Waals surface area contributed by atoms with E-state index in [1.54, 1.807) is 0 Å². The molecule has 5 nitrogen and oxygen atoms in total. The Labute approximate surface area is 138 Å². The Morgan fingerprint density at radius 3 is 2.32 bits per heavy atom. The van der Waals surface area contributed by atoms with Crippen molar-refractivity contribution in [2.45, 2.75) is 13.8 Å². The number of hydrogen-bond donors (Lipinski definition) is 2. The predicted molar refractivity (Wildman–Crippen MR) is 90.0 cm³/mol. The number of nitrogens with zero attached hydrogens (tertiary/aromatic N) is 1. The standard InChI is InChI=1S/C14H18FN3O2S2/c1-3-18(4-2)14(21)22-9-12(19)16-17-13(20)10-5-7-11(15)8-6-10/h5-8H,3-4,9H2,1-2H3,(H,16,19)(H,17,20). The van der Waals surface area contributed by atoms with Crippen molar-refractivity contribution >= 4 is 40.1 Å².